The first-order valence-electron chi connectivity index (χ1n) is 10.9. The fourth-order valence-electron chi connectivity index (χ4n) is 4.17. The van der Waals surface area contributed by atoms with Gasteiger partial charge in [-0.1, -0.05) is 30.2 Å². The van der Waals surface area contributed by atoms with Crippen LogP contribution < -0.4 is 10.2 Å². The molecule has 166 valence electrons. The van der Waals surface area contributed by atoms with Crippen molar-refractivity contribution in [3.63, 3.8) is 0 Å². The van der Waals surface area contributed by atoms with Crippen LogP contribution in [0.25, 0.3) is 0 Å². The second-order valence-corrected chi connectivity index (χ2v) is 10.5. The Labute approximate surface area is 189 Å². The minimum atomic E-state index is -3.62. The number of hydrogen-bond donors (Lipinski definition) is 1. The van der Waals surface area contributed by atoms with Crippen LogP contribution in [0.4, 0.5) is 5.69 Å². The monoisotopic (exact) mass is 461 g/mol. The SMILES string of the molecule is O=C(NCc1ccc(N2CCCC2)cc1)c1cc(S(=O)(=O)N2CCCCC2)ccc1Cl. The quantitative estimate of drug-likeness (QED) is 0.704. The highest BCUT2D eigenvalue weighted by molar-refractivity contribution is 7.89. The van der Waals surface area contributed by atoms with Crippen LogP contribution >= 0.6 is 11.6 Å². The van der Waals surface area contributed by atoms with Gasteiger partial charge in [0.25, 0.3) is 5.91 Å². The molecule has 2 aliphatic rings. The second kappa shape index (κ2) is 9.59. The molecule has 0 radical (unpaired) electrons. The molecule has 31 heavy (non-hydrogen) atoms. The van der Waals surface area contributed by atoms with Crippen molar-refractivity contribution in [2.24, 2.45) is 0 Å². The van der Waals surface area contributed by atoms with Gasteiger partial charge in [-0.15, -0.1) is 0 Å². The fraction of sp³-hybridized carbons (Fsp3) is 0.435. The number of halogens is 1. The zero-order valence-electron chi connectivity index (χ0n) is 17.5. The Bertz CT molecular complexity index is 1030. The van der Waals surface area contributed by atoms with E-state index in [4.69, 9.17) is 11.6 Å². The summed E-state index contributed by atoms with van der Waals surface area (Å²) < 4.78 is 27.4. The minimum Gasteiger partial charge on any atom is -0.372 e. The molecule has 0 bridgehead atoms. The Balaban J connectivity index is 1.44. The van der Waals surface area contributed by atoms with Crippen LogP contribution in [0.2, 0.25) is 5.02 Å². The molecule has 0 aliphatic carbocycles. The van der Waals surface area contributed by atoms with Gasteiger partial charge in [0.2, 0.25) is 10.0 Å². The first-order chi connectivity index (χ1) is 14.9. The zero-order chi connectivity index (χ0) is 21.8. The van der Waals surface area contributed by atoms with Crippen molar-refractivity contribution in [1.82, 2.24) is 9.62 Å². The maximum atomic E-state index is 12.9. The summed E-state index contributed by atoms with van der Waals surface area (Å²) in [7, 11) is -3.62. The summed E-state index contributed by atoms with van der Waals surface area (Å²) in [6.45, 7) is 3.55. The third kappa shape index (κ3) is 5.05. The molecule has 8 heteroatoms. The van der Waals surface area contributed by atoms with Gasteiger partial charge >= 0.3 is 0 Å². The molecular formula is C23H28ClN3O3S. The number of amides is 1. The molecule has 0 aromatic heterocycles. The highest BCUT2D eigenvalue weighted by atomic mass is 35.5. The number of hydrogen-bond acceptors (Lipinski definition) is 4. The van der Waals surface area contributed by atoms with Crippen molar-refractivity contribution in [2.75, 3.05) is 31.1 Å². The summed E-state index contributed by atoms with van der Waals surface area (Å²) in [4.78, 5) is 15.2. The van der Waals surface area contributed by atoms with Crippen LogP contribution in [0.1, 0.15) is 48.0 Å². The first-order valence-corrected chi connectivity index (χ1v) is 12.7. The van der Waals surface area contributed by atoms with Gasteiger partial charge in [-0.2, -0.15) is 4.31 Å². The fourth-order valence-corrected chi connectivity index (χ4v) is 5.92. The van der Waals surface area contributed by atoms with E-state index in [0.29, 0.717) is 19.6 Å². The largest absolute Gasteiger partial charge is 0.372 e. The van der Waals surface area contributed by atoms with Crippen LogP contribution in [0.5, 0.6) is 0 Å². The predicted octanol–water partition coefficient (Wildman–Crippen LogP) is 4.04. The van der Waals surface area contributed by atoms with Crippen LogP contribution in [0, 0.1) is 0 Å². The lowest BCUT2D eigenvalue weighted by Gasteiger charge is -2.26. The lowest BCUT2D eigenvalue weighted by molar-refractivity contribution is 0.0951. The number of nitrogens with one attached hydrogen (secondary N) is 1. The predicted molar refractivity (Wildman–Crippen MR) is 123 cm³/mol. The molecule has 2 aliphatic heterocycles. The van der Waals surface area contributed by atoms with Gasteiger partial charge in [-0.3, -0.25) is 4.79 Å². The van der Waals surface area contributed by atoms with Gasteiger partial charge in [0.1, 0.15) is 0 Å². The van der Waals surface area contributed by atoms with Gasteiger partial charge in [0.15, 0.2) is 0 Å². The molecule has 0 saturated carbocycles. The van der Waals surface area contributed by atoms with E-state index in [1.807, 2.05) is 12.1 Å². The van der Waals surface area contributed by atoms with Gasteiger partial charge in [-0.05, 0) is 61.6 Å². The zero-order valence-corrected chi connectivity index (χ0v) is 19.1. The van der Waals surface area contributed by atoms with Crippen molar-refractivity contribution in [3.8, 4) is 0 Å². The number of rotatable bonds is 6. The lowest BCUT2D eigenvalue weighted by atomic mass is 10.1. The number of piperidine rings is 1. The Kier molecular flexibility index (Phi) is 6.84. The van der Waals surface area contributed by atoms with E-state index in [0.717, 1.165) is 37.9 Å². The number of sulfonamides is 1. The van der Waals surface area contributed by atoms with Crippen molar-refractivity contribution >= 4 is 33.2 Å². The van der Waals surface area contributed by atoms with E-state index in [9.17, 15) is 13.2 Å². The van der Waals surface area contributed by atoms with Crippen molar-refractivity contribution < 1.29 is 13.2 Å². The Morgan fingerprint density at radius 1 is 0.903 bits per heavy atom. The molecule has 6 nitrogen and oxygen atoms in total. The Hall–Kier alpha value is -2.09. The molecule has 2 heterocycles. The van der Waals surface area contributed by atoms with Crippen LogP contribution in [-0.4, -0.2) is 44.8 Å². The Morgan fingerprint density at radius 3 is 2.23 bits per heavy atom. The summed E-state index contributed by atoms with van der Waals surface area (Å²) in [5.41, 5.74) is 2.35. The number of nitrogens with zero attached hydrogens (tertiary/aromatic N) is 2. The normalized spacial score (nSPS) is 17.6. The van der Waals surface area contributed by atoms with Crippen LogP contribution in [0.15, 0.2) is 47.4 Å². The van der Waals surface area contributed by atoms with E-state index in [-0.39, 0.29) is 21.4 Å². The molecule has 2 fully saturated rings. The van der Waals surface area contributed by atoms with Crippen molar-refractivity contribution in [1.29, 1.82) is 0 Å². The summed E-state index contributed by atoms with van der Waals surface area (Å²) in [6, 6.07) is 12.5. The van der Waals surface area contributed by atoms with E-state index in [2.05, 4.69) is 22.3 Å². The highest BCUT2D eigenvalue weighted by Crippen LogP contribution is 2.25. The van der Waals surface area contributed by atoms with Crippen molar-refractivity contribution in [2.45, 2.75) is 43.5 Å². The first kappa shape index (κ1) is 22.1. The molecule has 1 N–H and O–H groups in total. The van der Waals surface area contributed by atoms with Crippen molar-refractivity contribution in [3.05, 3.63) is 58.6 Å². The highest BCUT2D eigenvalue weighted by Gasteiger charge is 2.27. The molecule has 2 aromatic carbocycles. The maximum Gasteiger partial charge on any atom is 0.253 e. The topological polar surface area (TPSA) is 69.7 Å². The molecule has 1 amide bonds. The Morgan fingerprint density at radius 2 is 1.55 bits per heavy atom. The molecule has 2 saturated heterocycles. The smallest absolute Gasteiger partial charge is 0.253 e. The number of anilines is 1. The molecule has 4 rings (SSSR count). The number of benzene rings is 2. The van der Waals surface area contributed by atoms with Gasteiger partial charge in [0.05, 0.1) is 15.5 Å². The molecule has 0 spiro atoms. The lowest BCUT2D eigenvalue weighted by Crippen LogP contribution is -2.35. The number of carbonyl (C=O) groups is 1. The van der Waals surface area contributed by atoms with E-state index >= 15 is 0 Å². The third-order valence-electron chi connectivity index (χ3n) is 6.00. The summed E-state index contributed by atoms with van der Waals surface area (Å²) in [5.74, 6) is -0.385. The number of carbonyl (C=O) groups excluding carboxylic acids is 1. The average Bonchev–Trinajstić information content (AvgIpc) is 3.33. The minimum absolute atomic E-state index is 0.110. The summed E-state index contributed by atoms with van der Waals surface area (Å²) in [6.07, 6.45) is 5.21. The standard InChI is InChI=1S/C23H28ClN3O3S/c24-22-11-10-20(31(29,30)27-14-2-1-3-15-27)16-21(22)23(28)25-17-18-6-8-19(9-7-18)26-12-4-5-13-26/h6-11,16H,1-5,12-15,17H2,(H,25,28). The average molecular weight is 462 g/mol. The van der Waals surface area contributed by atoms with Crippen LogP contribution in [0.3, 0.4) is 0 Å². The summed E-state index contributed by atoms with van der Waals surface area (Å²) in [5, 5.41) is 3.09. The maximum absolute atomic E-state index is 12.9. The van der Waals surface area contributed by atoms with Gasteiger partial charge < -0.3 is 10.2 Å². The molecule has 0 atom stereocenters. The molecule has 2 aromatic rings. The summed E-state index contributed by atoms with van der Waals surface area (Å²) >= 11 is 6.23. The van der Waals surface area contributed by atoms with Gasteiger partial charge in [0, 0.05) is 38.4 Å². The third-order valence-corrected chi connectivity index (χ3v) is 8.22. The van der Waals surface area contributed by atoms with E-state index < -0.39 is 10.0 Å². The van der Waals surface area contributed by atoms with E-state index in [1.54, 1.807) is 0 Å². The molecule has 0 unspecified atom stereocenters. The second-order valence-electron chi connectivity index (χ2n) is 8.15. The van der Waals surface area contributed by atoms with Gasteiger partial charge in [-0.25, -0.2) is 8.42 Å². The van der Waals surface area contributed by atoms with Crippen LogP contribution in [-0.2, 0) is 16.6 Å². The van der Waals surface area contributed by atoms with E-state index in [1.165, 1.54) is 41.0 Å². The molecular weight excluding hydrogens is 434 g/mol.